The molecule has 4 nitrogen and oxygen atoms in total. The molecule has 0 aliphatic heterocycles. The molecular weight excluding hydrogens is 231 g/mol. The van der Waals surface area contributed by atoms with E-state index in [0.717, 1.165) is 11.3 Å². The topological polar surface area (TPSA) is 67.6 Å². The van der Waals surface area contributed by atoms with Crippen molar-refractivity contribution in [2.45, 2.75) is 5.92 Å². The first-order chi connectivity index (χ1) is 8.67. The first-order valence-electron chi connectivity index (χ1n) is 5.53. The lowest BCUT2D eigenvalue weighted by molar-refractivity contribution is 0.617. The van der Waals surface area contributed by atoms with Crippen LogP contribution >= 0.6 is 0 Å². The number of hydrogen-bond acceptors (Lipinski definition) is 3. The molecule has 2 rings (SSSR count). The van der Waals surface area contributed by atoms with Crippen LogP contribution in [0.25, 0.3) is 0 Å². The first-order valence-corrected chi connectivity index (χ1v) is 5.53. The molecule has 1 aromatic heterocycles. The summed E-state index contributed by atoms with van der Waals surface area (Å²) in [5, 5.41) is 8.70. The van der Waals surface area contributed by atoms with Gasteiger partial charge in [-0.2, -0.15) is 5.26 Å². The molecule has 0 radical (unpaired) electrons. The maximum atomic E-state index is 13.6. The minimum absolute atomic E-state index is 0.0412. The van der Waals surface area contributed by atoms with Gasteiger partial charge in [0.1, 0.15) is 11.9 Å². The van der Waals surface area contributed by atoms with Gasteiger partial charge in [0.15, 0.2) is 0 Å². The van der Waals surface area contributed by atoms with Crippen LogP contribution in [0.15, 0.2) is 30.7 Å². The standard InChI is InChI=1S/C13H13FN4/c1-18-8-17-7-13(18)11(6-16)9-2-3-10(5-15)12(14)4-9/h2-4,7-8,11H,6,16H2,1H3/t11-/m0/s1. The molecule has 5 heteroatoms. The van der Waals surface area contributed by atoms with E-state index in [0.29, 0.717) is 6.54 Å². The molecule has 1 aromatic carbocycles. The van der Waals surface area contributed by atoms with Crippen molar-refractivity contribution in [1.29, 1.82) is 5.26 Å². The summed E-state index contributed by atoms with van der Waals surface area (Å²) >= 11 is 0. The second-order valence-electron chi connectivity index (χ2n) is 4.07. The van der Waals surface area contributed by atoms with Gasteiger partial charge in [-0.05, 0) is 17.7 Å². The lowest BCUT2D eigenvalue weighted by Crippen LogP contribution is -2.16. The molecule has 2 aromatic rings. The summed E-state index contributed by atoms with van der Waals surface area (Å²) in [6, 6.07) is 6.37. The zero-order valence-corrected chi connectivity index (χ0v) is 9.97. The highest BCUT2D eigenvalue weighted by Crippen LogP contribution is 2.24. The monoisotopic (exact) mass is 244 g/mol. The Morgan fingerprint density at radius 1 is 1.56 bits per heavy atom. The van der Waals surface area contributed by atoms with Gasteiger partial charge < -0.3 is 10.3 Å². The average molecular weight is 244 g/mol. The number of rotatable bonds is 3. The second-order valence-corrected chi connectivity index (χ2v) is 4.07. The zero-order valence-electron chi connectivity index (χ0n) is 9.97. The van der Waals surface area contributed by atoms with Gasteiger partial charge in [0.05, 0.1) is 11.9 Å². The van der Waals surface area contributed by atoms with Crippen LogP contribution in [0.1, 0.15) is 22.7 Å². The summed E-state index contributed by atoms with van der Waals surface area (Å²) in [5.74, 6) is -0.643. The molecule has 0 saturated carbocycles. The van der Waals surface area contributed by atoms with Crippen molar-refractivity contribution in [3.8, 4) is 6.07 Å². The van der Waals surface area contributed by atoms with Crippen LogP contribution < -0.4 is 5.73 Å². The Kier molecular flexibility index (Phi) is 3.40. The smallest absolute Gasteiger partial charge is 0.141 e. The SMILES string of the molecule is Cn1cncc1[C@@H](CN)c1ccc(C#N)c(F)c1. The normalized spacial score (nSPS) is 12.1. The molecule has 0 saturated heterocycles. The fourth-order valence-electron chi connectivity index (χ4n) is 1.97. The van der Waals surface area contributed by atoms with E-state index in [1.165, 1.54) is 12.1 Å². The lowest BCUT2D eigenvalue weighted by atomic mass is 9.95. The molecule has 92 valence electrons. The highest BCUT2D eigenvalue weighted by Gasteiger charge is 2.17. The van der Waals surface area contributed by atoms with Crippen LogP contribution in [0, 0.1) is 17.1 Å². The Bertz CT molecular complexity index is 597. The number of nitrogens with zero attached hydrogens (tertiary/aromatic N) is 3. The molecule has 0 amide bonds. The maximum absolute atomic E-state index is 13.6. The Balaban J connectivity index is 2.44. The molecule has 0 bridgehead atoms. The minimum atomic E-state index is -0.518. The number of nitrogens with two attached hydrogens (primary N) is 1. The first kappa shape index (κ1) is 12.3. The second kappa shape index (κ2) is 4.98. The summed E-state index contributed by atoms with van der Waals surface area (Å²) in [7, 11) is 1.87. The van der Waals surface area contributed by atoms with Crippen molar-refractivity contribution < 1.29 is 4.39 Å². The fourth-order valence-corrected chi connectivity index (χ4v) is 1.97. The predicted octanol–water partition coefficient (Wildman–Crippen LogP) is 1.52. The summed E-state index contributed by atoms with van der Waals surface area (Å²) in [6.45, 7) is 0.352. The quantitative estimate of drug-likeness (QED) is 0.890. The zero-order chi connectivity index (χ0) is 13.1. The minimum Gasteiger partial charge on any atom is -0.337 e. The maximum Gasteiger partial charge on any atom is 0.141 e. The van der Waals surface area contributed by atoms with E-state index in [4.69, 9.17) is 11.0 Å². The van der Waals surface area contributed by atoms with E-state index in [2.05, 4.69) is 4.98 Å². The average Bonchev–Trinajstić information content (AvgIpc) is 2.77. The van der Waals surface area contributed by atoms with E-state index in [1.807, 2.05) is 11.6 Å². The van der Waals surface area contributed by atoms with Crippen molar-refractivity contribution in [3.63, 3.8) is 0 Å². The van der Waals surface area contributed by atoms with E-state index in [9.17, 15) is 4.39 Å². The largest absolute Gasteiger partial charge is 0.337 e. The van der Waals surface area contributed by atoms with E-state index < -0.39 is 5.82 Å². The third kappa shape index (κ3) is 2.11. The number of benzene rings is 1. The summed E-state index contributed by atoms with van der Waals surface area (Å²) in [5.41, 5.74) is 7.46. The Labute approximate surface area is 104 Å². The van der Waals surface area contributed by atoms with Gasteiger partial charge in [-0.3, -0.25) is 0 Å². The van der Waals surface area contributed by atoms with Crippen LogP contribution in [0.2, 0.25) is 0 Å². The van der Waals surface area contributed by atoms with Gasteiger partial charge in [-0.15, -0.1) is 0 Å². The molecule has 2 N–H and O–H groups in total. The van der Waals surface area contributed by atoms with Crippen LogP contribution in [0.3, 0.4) is 0 Å². The molecule has 0 fully saturated rings. The molecule has 0 spiro atoms. The van der Waals surface area contributed by atoms with Crippen LogP contribution in [0.5, 0.6) is 0 Å². The number of aromatic nitrogens is 2. The number of nitriles is 1. The van der Waals surface area contributed by atoms with E-state index >= 15 is 0 Å². The van der Waals surface area contributed by atoms with Gasteiger partial charge in [0.2, 0.25) is 0 Å². The molecule has 0 unspecified atom stereocenters. The Hall–Kier alpha value is -2.19. The van der Waals surface area contributed by atoms with Gasteiger partial charge in [0, 0.05) is 31.4 Å². The molecule has 1 heterocycles. The molecule has 0 aliphatic carbocycles. The third-order valence-electron chi connectivity index (χ3n) is 2.96. The predicted molar refractivity (Wildman–Crippen MR) is 65.2 cm³/mol. The van der Waals surface area contributed by atoms with Crippen LogP contribution in [-0.2, 0) is 7.05 Å². The highest BCUT2D eigenvalue weighted by molar-refractivity contribution is 5.37. The number of halogens is 1. The van der Waals surface area contributed by atoms with Gasteiger partial charge in [-0.1, -0.05) is 6.07 Å². The van der Waals surface area contributed by atoms with Crippen molar-refractivity contribution in [1.82, 2.24) is 9.55 Å². The molecule has 18 heavy (non-hydrogen) atoms. The van der Waals surface area contributed by atoms with Crippen molar-refractivity contribution in [3.05, 3.63) is 53.4 Å². The van der Waals surface area contributed by atoms with Gasteiger partial charge >= 0.3 is 0 Å². The van der Waals surface area contributed by atoms with Crippen molar-refractivity contribution in [2.24, 2.45) is 12.8 Å². The summed E-state index contributed by atoms with van der Waals surface area (Å²) < 4.78 is 15.5. The van der Waals surface area contributed by atoms with Crippen LogP contribution in [0.4, 0.5) is 4.39 Å². The van der Waals surface area contributed by atoms with Crippen molar-refractivity contribution in [2.75, 3.05) is 6.54 Å². The number of hydrogen-bond donors (Lipinski definition) is 1. The molecular formula is C13H13FN4. The van der Waals surface area contributed by atoms with Gasteiger partial charge in [-0.25, -0.2) is 9.37 Å². The van der Waals surface area contributed by atoms with E-state index in [1.54, 1.807) is 24.7 Å². The summed E-state index contributed by atoms with van der Waals surface area (Å²) in [4.78, 5) is 4.03. The molecule has 0 aliphatic rings. The number of aryl methyl sites for hydroxylation is 1. The lowest BCUT2D eigenvalue weighted by Gasteiger charge is -2.16. The highest BCUT2D eigenvalue weighted by atomic mass is 19.1. The Morgan fingerprint density at radius 3 is 2.83 bits per heavy atom. The Morgan fingerprint density at radius 2 is 2.33 bits per heavy atom. The van der Waals surface area contributed by atoms with Gasteiger partial charge in [0.25, 0.3) is 0 Å². The molecule has 1 atom stereocenters. The summed E-state index contributed by atoms with van der Waals surface area (Å²) in [6.07, 6.45) is 3.39. The van der Waals surface area contributed by atoms with Crippen molar-refractivity contribution >= 4 is 0 Å². The number of imidazole rings is 1. The third-order valence-corrected chi connectivity index (χ3v) is 2.96. The fraction of sp³-hybridized carbons (Fsp3) is 0.231. The van der Waals surface area contributed by atoms with E-state index in [-0.39, 0.29) is 11.5 Å². The van der Waals surface area contributed by atoms with Crippen LogP contribution in [-0.4, -0.2) is 16.1 Å².